The Hall–Kier alpha value is -1.06. The van der Waals surface area contributed by atoms with Gasteiger partial charge in [-0.1, -0.05) is 13.8 Å². The zero-order chi connectivity index (χ0) is 9.68. The average Bonchev–Trinajstić information content (AvgIpc) is 2.45. The molecule has 0 atom stereocenters. The molecule has 0 aliphatic carbocycles. The van der Waals surface area contributed by atoms with E-state index >= 15 is 0 Å². The van der Waals surface area contributed by atoms with Crippen molar-refractivity contribution in [3.63, 3.8) is 0 Å². The Labute approximate surface area is 78.8 Å². The molecule has 1 rings (SSSR count). The van der Waals surface area contributed by atoms with Crippen molar-refractivity contribution in [2.45, 2.75) is 26.7 Å². The lowest BCUT2D eigenvalue weighted by atomic mass is 10.1. The Kier molecular flexibility index (Phi) is 3.73. The summed E-state index contributed by atoms with van der Waals surface area (Å²) >= 11 is 0. The molecular formula is C9H17N3O. The first-order valence-corrected chi connectivity index (χ1v) is 4.76. The average molecular weight is 183 g/mol. The Bertz CT molecular complexity index is 211. The van der Waals surface area contributed by atoms with Crippen molar-refractivity contribution in [3.8, 4) is 0 Å². The Morgan fingerprint density at radius 1 is 1.62 bits per heavy atom. The molecular weight excluding hydrogens is 166 g/mol. The van der Waals surface area contributed by atoms with Gasteiger partial charge in [-0.05, 0) is 18.8 Å². The Morgan fingerprint density at radius 2 is 2.38 bits per heavy atom. The van der Waals surface area contributed by atoms with Gasteiger partial charge < -0.3 is 5.32 Å². The highest BCUT2D eigenvalue weighted by Crippen LogP contribution is 2.01. The highest BCUT2D eigenvalue weighted by molar-refractivity contribution is 6.02. The Morgan fingerprint density at radius 3 is 2.92 bits per heavy atom. The summed E-state index contributed by atoms with van der Waals surface area (Å²) in [6.07, 6.45) is 2.32. The van der Waals surface area contributed by atoms with E-state index in [0.717, 1.165) is 18.9 Å². The fraction of sp³-hybridized carbons (Fsp3) is 0.778. The number of amides is 1. The second kappa shape index (κ2) is 4.84. The number of carbonyl (C=O) groups is 1. The van der Waals surface area contributed by atoms with Crippen molar-refractivity contribution < 1.29 is 4.79 Å². The van der Waals surface area contributed by atoms with Crippen molar-refractivity contribution in [1.82, 2.24) is 10.6 Å². The largest absolute Gasteiger partial charge is 0.356 e. The fourth-order valence-electron chi connectivity index (χ4n) is 1.18. The van der Waals surface area contributed by atoms with Gasteiger partial charge in [0.1, 0.15) is 6.54 Å². The number of rotatable bonds is 4. The lowest BCUT2D eigenvalue weighted by Crippen LogP contribution is -2.36. The molecule has 0 aromatic carbocycles. The zero-order valence-electron chi connectivity index (χ0n) is 8.26. The molecule has 0 spiro atoms. The predicted octanol–water partition coefficient (Wildman–Crippen LogP) is 0.498. The minimum atomic E-state index is -0.0219. The summed E-state index contributed by atoms with van der Waals surface area (Å²) < 4.78 is 0. The van der Waals surface area contributed by atoms with Crippen LogP contribution in [0.1, 0.15) is 26.7 Å². The van der Waals surface area contributed by atoms with Crippen molar-refractivity contribution >= 4 is 11.9 Å². The van der Waals surface area contributed by atoms with Crippen LogP contribution < -0.4 is 10.6 Å². The quantitative estimate of drug-likeness (QED) is 0.623. The highest BCUT2D eigenvalue weighted by Gasteiger charge is 2.11. The minimum Gasteiger partial charge on any atom is -0.356 e. The van der Waals surface area contributed by atoms with Gasteiger partial charge in [-0.15, -0.1) is 0 Å². The van der Waals surface area contributed by atoms with E-state index in [9.17, 15) is 4.79 Å². The standard InChI is InChI=1S/C9H17N3O/c1-7(2)4-3-5-10-9-11-6-8(13)12-9/h7H,3-6H2,1-2H3,(H2,10,11,12,13). The van der Waals surface area contributed by atoms with Gasteiger partial charge in [-0.2, -0.15) is 0 Å². The normalized spacial score (nSPS) is 15.9. The van der Waals surface area contributed by atoms with Gasteiger partial charge in [-0.3, -0.25) is 10.1 Å². The Balaban J connectivity index is 2.03. The van der Waals surface area contributed by atoms with Gasteiger partial charge in [-0.25, -0.2) is 4.99 Å². The molecule has 0 unspecified atom stereocenters. The molecule has 74 valence electrons. The molecule has 13 heavy (non-hydrogen) atoms. The van der Waals surface area contributed by atoms with Crippen LogP contribution in [0, 0.1) is 5.92 Å². The van der Waals surface area contributed by atoms with E-state index in [-0.39, 0.29) is 12.5 Å². The first-order chi connectivity index (χ1) is 6.18. The van der Waals surface area contributed by atoms with E-state index in [0.29, 0.717) is 5.96 Å². The molecule has 2 N–H and O–H groups in total. The number of carbonyl (C=O) groups excluding carboxylic acids is 1. The summed E-state index contributed by atoms with van der Waals surface area (Å²) in [6, 6.07) is 0. The topological polar surface area (TPSA) is 53.5 Å². The van der Waals surface area contributed by atoms with Crippen LogP contribution in [0.3, 0.4) is 0 Å². The third kappa shape index (κ3) is 3.92. The van der Waals surface area contributed by atoms with Crippen LogP contribution in [0.5, 0.6) is 0 Å². The lowest BCUT2D eigenvalue weighted by Gasteiger charge is -2.06. The monoisotopic (exact) mass is 183 g/mol. The van der Waals surface area contributed by atoms with E-state index in [2.05, 4.69) is 29.5 Å². The maximum absolute atomic E-state index is 10.7. The number of hydrogen-bond donors (Lipinski definition) is 2. The second-order valence-electron chi connectivity index (χ2n) is 3.68. The fourth-order valence-corrected chi connectivity index (χ4v) is 1.18. The third-order valence-corrected chi connectivity index (χ3v) is 1.89. The molecule has 0 radical (unpaired) electrons. The van der Waals surface area contributed by atoms with Crippen LogP contribution in [0.15, 0.2) is 4.99 Å². The minimum absolute atomic E-state index is 0.0219. The number of guanidine groups is 1. The van der Waals surface area contributed by atoms with E-state index in [1.54, 1.807) is 0 Å². The van der Waals surface area contributed by atoms with Crippen molar-refractivity contribution in [2.24, 2.45) is 10.9 Å². The van der Waals surface area contributed by atoms with Gasteiger partial charge in [0.2, 0.25) is 5.91 Å². The molecule has 0 aromatic rings. The molecule has 1 aliphatic heterocycles. The molecule has 4 heteroatoms. The van der Waals surface area contributed by atoms with Crippen LogP contribution >= 0.6 is 0 Å². The van der Waals surface area contributed by atoms with Crippen molar-refractivity contribution in [1.29, 1.82) is 0 Å². The second-order valence-corrected chi connectivity index (χ2v) is 3.68. The summed E-state index contributed by atoms with van der Waals surface area (Å²) in [5, 5.41) is 5.73. The molecule has 1 amide bonds. The molecule has 0 aromatic heterocycles. The van der Waals surface area contributed by atoms with Gasteiger partial charge in [0.15, 0.2) is 5.96 Å². The number of nitrogens with one attached hydrogen (secondary N) is 2. The predicted molar refractivity (Wildman–Crippen MR) is 52.5 cm³/mol. The molecule has 0 fully saturated rings. The molecule has 1 heterocycles. The van der Waals surface area contributed by atoms with E-state index in [1.807, 2.05) is 0 Å². The SMILES string of the molecule is CC(C)CCCNC1=NCC(=O)N1. The number of nitrogens with zero attached hydrogens (tertiary/aromatic N) is 1. The van der Waals surface area contributed by atoms with E-state index < -0.39 is 0 Å². The van der Waals surface area contributed by atoms with Crippen molar-refractivity contribution in [3.05, 3.63) is 0 Å². The number of hydrogen-bond acceptors (Lipinski definition) is 3. The molecule has 0 bridgehead atoms. The van der Waals surface area contributed by atoms with Crippen LogP contribution in [0.4, 0.5) is 0 Å². The van der Waals surface area contributed by atoms with E-state index in [4.69, 9.17) is 0 Å². The summed E-state index contributed by atoms with van der Waals surface area (Å²) in [4.78, 5) is 14.7. The van der Waals surface area contributed by atoms with Crippen LogP contribution in [0.2, 0.25) is 0 Å². The summed E-state index contributed by atoms with van der Waals surface area (Å²) in [7, 11) is 0. The summed E-state index contributed by atoms with van der Waals surface area (Å²) in [6.45, 7) is 5.56. The van der Waals surface area contributed by atoms with Gasteiger partial charge in [0, 0.05) is 6.54 Å². The maximum Gasteiger partial charge on any atom is 0.248 e. The smallest absolute Gasteiger partial charge is 0.248 e. The van der Waals surface area contributed by atoms with Crippen LogP contribution in [0.25, 0.3) is 0 Å². The van der Waals surface area contributed by atoms with E-state index in [1.165, 1.54) is 6.42 Å². The first-order valence-electron chi connectivity index (χ1n) is 4.76. The van der Waals surface area contributed by atoms with Gasteiger partial charge in [0.05, 0.1) is 0 Å². The first kappa shape index (κ1) is 10.0. The molecule has 0 saturated heterocycles. The molecule has 1 aliphatic rings. The molecule has 0 saturated carbocycles. The van der Waals surface area contributed by atoms with Crippen molar-refractivity contribution in [2.75, 3.05) is 13.1 Å². The third-order valence-electron chi connectivity index (χ3n) is 1.89. The summed E-state index contributed by atoms with van der Waals surface area (Å²) in [5.74, 6) is 1.35. The maximum atomic E-state index is 10.7. The highest BCUT2D eigenvalue weighted by atomic mass is 16.2. The number of aliphatic imine (C=N–C) groups is 1. The molecule has 4 nitrogen and oxygen atoms in total. The zero-order valence-corrected chi connectivity index (χ0v) is 8.26. The summed E-state index contributed by atoms with van der Waals surface area (Å²) in [5.41, 5.74) is 0. The van der Waals surface area contributed by atoms with Gasteiger partial charge in [0.25, 0.3) is 0 Å². The van der Waals surface area contributed by atoms with Gasteiger partial charge >= 0.3 is 0 Å². The van der Waals surface area contributed by atoms with Crippen LogP contribution in [-0.4, -0.2) is 25.0 Å². The lowest BCUT2D eigenvalue weighted by molar-refractivity contribution is -0.117. The van der Waals surface area contributed by atoms with Crippen LogP contribution in [-0.2, 0) is 4.79 Å².